The molecule has 3 amide bonds. The third kappa shape index (κ3) is 4.30. The van der Waals surface area contributed by atoms with Crippen LogP contribution in [0.3, 0.4) is 0 Å². The lowest BCUT2D eigenvalue weighted by Gasteiger charge is -2.27. The molecule has 0 spiro atoms. The molecule has 0 bridgehead atoms. The van der Waals surface area contributed by atoms with Crippen molar-refractivity contribution in [1.29, 1.82) is 0 Å². The molecule has 3 rings (SSSR count). The van der Waals surface area contributed by atoms with E-state index in [0.717, 1.165) is 28.9 Å². The number of hydrogen-bond acceptors (Lipinski definition) is 2. The number of anilines is 2. The smallest absolute Gasteiger partial charge is 0.319 e. The molecule has 1 heterocycles. The fourth-order valence-corrected chi connectivity index (χ4v) is 3.60. The average Bonchev–Trinajstić information content (AvgIpc) is 3.02. The van der Waals surface area contributed by atoms with Crippen molar-refractivity contribution in [3.63, 3.8) is 0 Å². The van der Waals surface area contributed by atoms with E-state index in [1.165, 1.54) is 5.56 Å². The van der Waals surface area contributed by atoms with Gasteiger partial charge in [0.15, 0.2) is 0 Å². The third-order valence-corrected chi connectivity index (χ3v) is 4.85. The zero-order valence-electron chi connectivity index (χ0n) is 16.4. The summed E-state index contributed by atoms with van der Waals surface area (Å²) in [6, 6.07) is 12.9. The van der Waals surface area contributed by atoms with Gasteiger partial charge in [0.1, 0.15) is 6.04 Å². The lowest BCUT2D eigenvalue weighted by atomic mass is 10.0. The van der Waals surface area contributed by atoms with Gasteiger partial charge in [0.05, 0.1) is 0 Å². The number of rotatable bonds is 4. The summed E-state index contributed by atoms with van der Waals surface area (Å²) in [5.41, 5.74) is 5.01. The maximum atomic E-state index is 13.1. The lowest BCUT2D eigenvalue weighted by Crippen LogP contribution is -2.52. The summed E-state index contributed by atoms with van der Waals surface area (Å²) in [4.78, 5) is 27.4. The fourth-order valence-electron chi connectivity index (χ4n) is 3.60. The molecule has 0 radical (unpaired) electrons. The van der Waals surface area contributed by atoms with Crippen LogP contribution in [0.2, 0.25) is 0 Å². The molecule has 0 fully saturated rings. The van der Waals surface area contributed by atoms with Gasteiger partial charge in [-0.15, -0.1) is 0 Å². The first-order valence-corrected chi connectivity index (χ1v) is 9.40. The number of aryl methyl sites for hydroxylation is 2. The molecule has 2 aromatic rings. The molecule has 27 heavy (non-hydrogen) atoms. The Morgan fingerprint density at radius 1 is 1.04 bits per heavy atom. The quantitative estimate of drug-likeness (QED) is 0.859. The highest BCUT2D eigenvalue weighted by molar-refractivity contribution is 6.02. The summed E-state index contributed by atoms with van der Waals surface area (Å²) in [6.07, 6.45) is 0.849. The van der Waals surface area contributed by atoms with Crippen molar-refractivity contribution in [2.45, 2.75) is 40.2 Å². The molecular formula is C22H27N3O2. The highest BCUT2D eigenvalue weighted by Gasteiger charge is 2.32. The highest BCUT2D eigenvalue weighted by Crippen LogP contribution is 2.28. The van der Waals surface area contributed by atoms with E-state index in [-0.39, 0.29) is 17.9 Å². The summed E-state index contributed by atoms with van der Waals surface area (Å²) in [5.74, 6) is -0.0826. The summed E-state index contributed by atoms with van der Waals surface area (Å²) in [7, 11) is 0. The number of hydrogen-bond donors (Lipinski definition) is 2. The van der Waals surface area contributed by atoms with Crippen molar-refractivity contribution in [2.75, 3.05) is 16.8 Å². The minimum absolute atomic E-state index is 0.0183. The molecule has 1 aliphatic heterocycles. The zero-order chi connectivity index (χ0) is 19.6. The van der Waals surface area contributed by atoms with Crippen molar-refractivity contribution in [1.82, 2.24) is 5.32 Å². The molecule has 1 aliphatic rings. The molecule has 0 aliphatic carbocycles. The Balaban J connectivity index is 1.72. The van der Waals surface area contributed by atoms with Gasteiger partial charge in [-0.1, -0.05) is 38.1 Å². The van der Waals surface area contributed by atoms with Crippen molar-refractivity contribution in [3.05, 3.63) is 59.2 Å². The number of nitrogens with zero attached hydrogens (tertiary/aromatic N) is 1. The van der Waals surface area contributed by atoms with E-state index in [2.05, 4.69) is 10.6 Å². The number of amides is 3. The van der Waals surface area contributed by atoms with E-state index in [9.17, 15) is 9.59 Å². The van der Waals surface area contributed by atoms with Crippen LogP contribution in [0.15, 0.2) is 42.5 Å². The molecular weight excluding hydrogens is 338 g/mol. The van der Waals surface area contributed by atoms with Crippen LogP contribution in [0, 0.1) is 19.8 Å². The zero-order valence-corrected chi connectivity index (χ0v) is 16.4. The van der Waals surface area contributed by atoms with Gasteiger partial charge < -0.3 is 15.5 Å². The molecule has 2 aromatic carbocycles. The van der Waals surface area contributed by atoms with Crippen LogP contribution in [0.1, 0.15) is 30.5 Å². The van der Waals surface area contributed by atoms with Gasteiger partial charge in [-0.05, 0) is 61.1 Å². The fraction of sp³-hybridized carbons (Fsp3) is 0.364. The molecule has 1 atom stereocenters. The second-order valence-corrected chi connectivity index (χ2v) is 7.57. The Hall–Kier alpha value is -2.82. The Labute approximate surface area is 160 Å². The van der Waals surface area contributed by atoms with E-state index in [4.69, 9.17) is 0 Å². The summed E-state index contributed by atoms with van der Waals surface area (Å²) >= 11 is 0. The Bertz CT molecular complexity index is 840. The van der Waals surface area contributed by atoms with Crippen molar-refractivity contribution in [3.8, 4) is 0 Å². The Morgan fingerprint density at radius 3 is 2.37 bits per heavy atom. The minimum Gasteiger partial charge on any atom is -0.326 e. The molecule has 0 unspecified atom stereocenters. The monoisotopic (exact) mass is 365 g/mol. The molecule has 5 heteroatoms. The van der Waals surface area contributed by atoms with E-state index >= 15 is 0 Å². The summed E-state index contributed by atoms with van der Waals surface area (Å²) < 4.78 is 0. The van der Waals surface area contributed by atoms with Gasteiger partial charge >= 0.3 is 6.03 Å². The minimum atomic E-state index is -0.581. The van der Waals surface area contributed by atoms with E-state index in [0.29, 0.717) is 6.54 Å². The first-order valence-electron chi connectivity index (χ1n) is 9.40. The predicted octanol–water partition coefficient (Wildman–Crippen LogP) is 4.04. The Kier molecular flexibility index (Phi) is 5.49. The Morgan fingerprint density at radius 2 is 1.70 bits per heavy atom. The number of carbonyl (C=O) groups excluding carboxylic acids is 2. The molecule has 2 N–H and O–H groups in total. The largest absolute Gasteiger partial charge is 0.326 e. The standard InChI is InChI=1S/C22H27N3O2/c1-14(2)20(21(26)25-10-9-17-7-5-6-8-19(17)25)24-22(27)23-18-12-15(3)11-16(4)13-18/h5-8,11-14,20H,9-10H2,1-4H3,(H2,23,24,27)/t20-/m1/s1. The number of benzene rings is 2. The van der Waals surface area contributed by atoms with Crippen molar-refractivity contribution < 1.29 is 9.59 Å². The van der Waals surface area contributed by atoms with Crippen LogP contribution in [0.25, 0.3) is 0 Å². The lowest BCUT2D eigenvalue weighted by molar-refractivity contribution is -0.121. The third-order valence-electron chi connectivity index (χ3n) is 4.85. The van der Waals surface area contributed by atoms with Crippen molar-refractivity contribution in [2.24, 2.45) is 5.92 Å². The maximum absolute atomic E-state index is 13.1. The first kappa shape index (κ1) is 19.0. The van der Waals surface area contributed by atoms with E-state index in [1.807, 2.05) is 70.2 Å². The van der Waals surface area contributed by atoms with Crippen molar-refractivity contribution >= 4 is 23.3 Å². The maximum Gasteiger partial charge on any atom is 0.319 e. The van der Waals surface area contributed by atoms with E-state index < -0.39 is 6.04 Å². The molecule has 0 aromatic heterocycles. The number of nitrogens with one attached hydrogen (secondary N) is 2. The molecule has 0 saturated heterocycles. The molecule has 0 saturated carbocycles. The van der Waals surface area contributed by atoms with Gasteiger partial charge in [0.2, 0.25) is 5.91 Å². The molecule has 5 nitrogen and oxygen atoms in total. The topological polar surface area (TPSA) is 61.4 Å². The van der Waals surface area contributed by atoms with Gasteiger partial charge in [0, 0.05) is 17.9 Å². The van der Waals surface area contributed by atoms with Crippen LogP contribution in [-0.2, 0) is 11.2 Å². The number of urea groups is 1. The number of para-hydroxylation sites is 1. The number of fused-ring (bicyclic) bond motifs is 1. The van der Waals surface area contributed by atoms with Gasteiger partial charge in [-0.2, -0.15) is 0 Å². The van der Waals surface area contributed by atoms with E-state index in [1.54, 1.807) is 4.90 Å². The average molecular weight is 365 g/mol. The predicted molar refractivity (Wildman–Crippen MR) is 109 cm³/mol. The summed E-state index contributed by atoms with van der Waals surface area (Å²) in [5, 5.41) is 5.72. The second-order valence-electron chi connectivity index (χ2n) is 7.57. The van der Waals surface area contributed by atoms with Crippen LogP contribution >= 0.6 is 0 Å². The van der Waals surface area contributed by atoms with Gasteiger partial charge in [-0.3, -0.25) is 4.79 Å². The van der Waals surface area contributed by atoms with Crippen LogP contribution in [0.5, 0.6) is 0 Å². The highest BCUT2D eigenvalue weighted by atomic mass is 16.2. The van der Waals surface area contributed by atoms with Gasteiger partial charge in [-0.25, -0.2) is 4.79 Å². The number of carbonyl (C=O) groups is 2. The molecule has 142 valence electrons. The second kappa shape index (κ2) is 7.82. The summed E-state index contributed by atoms with van der Waals surface area (Å²) in [6.45, 7) is 8.52. The van der Waals surface area contributed by atoms with Crippen LogP contribution in [0.4, 0.5) is 16.2 Å². The van der Waals surface area contributed by atoms with Crippen LogP contribution < -0.4 is 15.5 Å². The normalized spacial score (nSPS) is 14.0. The first-order chi connectivity index (χ1) is 12.8. The SMILES string of the molecule is Cc1cc(C)cc(NC(=O)N[C@@H](C(=O)N2CCc3ccccc32)C(C)C)c1. The van der Waals surface area contributed by atoms with Crippen LogP contribution in [-0.4, -0.2) is 24.5 Å². The van der Waals surface area contributed by atoms with Gasteiger partial charge in [0.25, 0.3) is 0 Å².